The maximum Gasteiger partial charge on any atom is 0.233 e. The van der Waals surface area contributed by atoms with Gasteiger partial charge in [-0.2, -0.15) is 5.10 Å². The summed E-state index contributed by atoms with van der Waals surface area (Å²) in [7, 11) is 1.89. The highest BCUT2D eigenvalue weighted by Crippen LogP contribution is 2.50. The molecule has 5 rings (SSSR count). The van der Waals surface area contributed by atoms with Crippen molar-refractivity contribution in [3.63, 3.8) is 0 Å². The van der Waals surface area contributed by atoms with Crippen molar-refractivity contribution >= 4 is 29.8 Å². The molecule has 1 saturated heterocycles. The first kappa shape index (κ1) is 23.5. The molecule has 0 unspecified atom stereocenters. The average Bonchev–Trinajstić information content (AvgIpc) is 3.31. The lowest BCUT2D eigenvalue weighted by Crippen LogP contribution is -2.38. The van der Waals surface area contributed by atoms with Gasteiger partial charge in [-0.1, -0.05) is 29.8 Å². The highest BCUT2D eigenvalue weighted by atomic mass is 35.5. The molecule has 0 bridgehead atoms. The van der Waals surface area contributed by atoms with Crippen LogP contribution in [0.2, 0.25) is 0 Å². The summed E-state index contributed by atoms with van der Waals surface area (Å²) in [5, 5.41) is 4.77. The van der Waals surface area contributed by atoms with Crippen molar-refractivity contribution in [2.75, 3.05) is 25.0 Å². The number of carbonyl (C=O) groups is 1. The predicted molar refractivity (Wildman–Crippen MR) is 133 cm³/mol. The topological polar surface area (TPSA) is 79.8 Å². The molecule has 2 aromatic heterocycles. The lowest BCUT2D eigenvalue weighted by Gasteiger charge is -2.28. The van der Waals surface area contributed by atoms with E-state index in [2.05, 4.69) is 36.9 Å². The summed E-state index contributed by atoms with van der Waals surface area (Å²) in [6, 6.07) is 10.4. The van der Waals surface area contributed by atoms with Crippen molar-refractivity contribution in [2.45, 2.75) is 57.5 Å². The monoisotopic (exact) mass is 468 g/mol. The third kappa shape index (κ3) is 4.08. The first-order valence-corrected chi connectivity index (χ1v) is 11.5. The van der Waals surface area contributed by atoms with Crippen LogP contribution >= 0.6 is 12.4 Å². The van der Waals surface area contributed by atoms with E-state index in [-0.39, 0.29) is 35.8 Å². The molecule has 1 aromatic carbocycles. The molecule has 1 aliphatic carbocycles. The van der Waals surface area contributed by atoms with E-state index < -0.39 is 0 Å². The Morgan fingerprint density at radius 1 is 1.27 bits per heavy atom. The zero-order valence-electron chi connectivity index (χ0n) is 19.8. The maximum atomic E-state index is 13.5. The molecule has 8 heteroatoms. The smallest absolute Gasteiger partial charge is 0.233 e. The number of benzene rings is 1. The number of aryl methyl sites for hydroxylation is 2. The summed E-state index contributed by atoms with van der Waals surface area (Å²) in [6.07, 6.45) is 4.82. The molecule has 2 fully saturated rings. The minimum Gasteiger partial charge on any atom is -0.355 e. The standard InChI is InChI=1S/C25H32N6O.ClH/c1-16-6-5-7-19(12-16)25(9-10-25)24(32)29(4)18(3)21-13-22-27-23(17(2)14-31(22)28-21)30-11-8-20(26)15-30;/h5-7,12-14,18,20H,8-11,15,26H2,1-4H3;1H/t18-,20-;/m0./s1. The van der Waals surface area contributed by atoms with Gasteiger partial charge in [-0.05, 0) is 45.6 Å². The number of nitrogens with two attached hydrogens (primary N) is 1. The van der Waals surface area contributed by atoms with Crippen molar-refractivity contribution in [3.8, 4) is 0 Å². The molecule has 2 N–H and O–H groups in total. The summed E-state index contributed by atoms with van der Waals surface area (Å²) >= 11 is 0. The van der Waals surface area contributed by atoms with Crippen LogP contribution in [0.15, 0.2) is 36.5 Å². The molecule has 2 aliphatic rings. The van der Waals surface area contributed by atoms with Crippen LogP contribution in [0.4, 0.5) is 5.82 Å². The third-order valence-corrected chi connectivity index (χ3v) is 7.21. The Labute approximate surface area is 201 Å². The fraction of sp³-hybridized carbons (Fsp3) is 0.480. The number of aromatic nitrogens is 3. The van der Waals surface area contributed by atoms with Gasteiger partial charge >= 0.3 is 0 Å². The van der Waals surface area contributed by atoms with E-state index in [4.69, 9.17) is 15.8 Å². The number of hydrogen-bond acceptors (Lipinski definition) is 5. The van der Waals surface area contributed by atoms with Gasteiger partial charge < -0.3 is 15.5 Å². The number of rotatable bonds is 5. The molecule has 176 valence electrons. The molecule has 1 saturated carbocycles. The van der Waals surface area contributed by atoms with Crippen molar-refractivity contribution in [2.24, 2.45) is 5.73 Å². The number of fused-ring (bicyclic) bond motifs is 1. The molecule has 7 nitrogen and oxygen atoms in total. The second-order valence-corrected chi connectivity index (χ2v) is 9.66. The van der Waals surface area contributed by atoms with Gasteiger partial charge in [0.1, 0.15) is 5.82 Å². The van der Waals surface area contributed by atoms with Crippen molar-refractivity contribution in [1.82, 2.24) is 19.5 Å². The summed E-state index contributed by atoms with van der Waals surface area (Å²) in [5.74, 6) is 1.15. The second-order valence-electron chi connectivity index (χ2n) is 9.66. The number of anilines is 1. The number of nitrogens with zero attached hydrogens (tertiary/aromatic N) is 5. The van der Waals surface area contributed by atoms with E-state index in [0.717, 1.165) is 60.6 Å². The summed E-state index contributed by atoms with van der Waals surface area (Å²) in [4.78, 5) is 22.5. The van der Waals surface area contributed by atoms with Gasteiger partial charge in [0, 0.05) is 44.0 Å². The van der Waals surface area contributed by atoms with Gasteiger partial charge in [0.2, 0.25) is 5.91 Å². The zero-order valence-corrected chi connectivity index (χ0v) is 20.6. The van der Waals surface area contributed by atoms with Gasteiger partial charge in [-0.25, -0.2) is 9.50 Å². The highest BCUT2D eigenvalue weighted by molar-refractivity contribution is 5.91. The molecular weight excluding hydrogens is 436 g/mol. The minimum absolute atomic E-state index is 0. The third-order valence-electron chi connectivity index (χ3n) is 7.21. The normalized spacial score (nSPS) is 19.9. The van der Waals surface area contributed by atoms with Gasteiger partial charge in [-0.3, -0.25) is 4.79 Å². The molecule has 3 aromatic rings. The predicted octanol–water partition coefficient (Wildman–Crippen LogP) is 3.56. The van der Waals surface area contributed by atoms with E-state index in [1.165, 1.54) is 5.56 Å². The fourth-order valence-corrected chi connectivity index (χ4v) is 4.93. The van der Waals surface area contributed by atoms with Crippen LogP contribution in [-0.2, 0) is 10.2 Å². The van der Waals surface area contributed by atoms with Crippen LogP contribution < -0.4 is 10.6 Å². The molecular formula is C25H33ClN6O. The molecule has 1 aliphatic heterocycles. The second kappa shape index (κ2) is 8.61. The number of halogens is 1. The maximum absolute atomic E-state index is 13.5. The molecule has 0 spiro atoms. The number of likely N-dealkylation sites (N-methyl/N-ethyl adjacent to an activating group) is 1. The van der Waals surface area contributed by atoms with Crippen molar-refractivity contribution in [3.05, 3.63) is 58.9 Å². The zero-order chi connectivity index (χ0) is 22.6. The summed E-state index contributed by atoms with van der Waals surface area (Å²) in [6.45, 7) is 7.94. The van der Waals surface area contributed by atoms with Crippen LogP contribution in [-0.4, -0.2) is 51.6 Å². The van der Waals surface area contributed by atoms with E-state index in [0.29, 0.717) is 0 Å². The van der Waals surface area contributed by atoms with Crippen LogP contribution in [0.5, 0.6) is 0 Å². The van der Waals surface area contributed by atoms with Crippen LogP contribution in [0, 0.1) is 13.8 Å². The first-order valence-electron chi connectivity index (χ1n) is 11.5. The van der Waals surface area contributed by atoms with Gasteiger partial charge in [0.15, 0.2) is 5.65 Å². The van der Waals surface area contributed by atoms with Crippen LogP contribution in [0.3, 0.4) is 0 Å². The van der Waals surface area contributed by atoms with Crippen LogP contribution in [0.1, 0.15) is 54.6 Å². The minimum atomic E-state index is -0.384. The number of hydrogen-bond donors (Lipinski definition) is 1. The molecule has 3 heterocycles. The Bertz CT molecular complexity index is 1190. The lowest BCUT2D eigenvalue weighted by molar-refractivity contribution is -0.134. The van der Waals surface area contributed by atoms with Crippen molar-refractivity contribution in [1.29, 1.82) is 0 Å². The average molecular weight is 469 g/mol. The molecule has 0 radical (unpaired) electrons. The fourth-order valence-electron chi connectivity index (χ4n) is 4.93. The van der Waals surface area contributed by atoms with E-state index >= 15 is 0 Å². The van der Waals surface area contributed by atoms with Gasteiger partial charge in [0.05, 0.1) is 17.2 Å². The summed E-state index contributed by atoms with van der Waals surface area (Å²) < 4.78 is 1.83. The Balaban J connectivity index is 0.00000259. The number of amides is 1. The number of carbonyl (C=O) groups excluding carboxylic acids is 1. The van der Waals surface area contributed by atoms with E-state index in [9.17, 15) is 4.79 Å². The Hall–Kier alpha value is -2.64. The Morgan fingerprint density at radius 2 is 2.03 bits per heavy atom. The largest absolute Gasteiger partial charge is 0.355 e. The van der Waals surface area contributed by atoms with Crippen molar-refractivity contribution < 1.29 is 4.79 Å². The lowest BCUT2D eigenvalue weighted by atomic mass is 9.92. The first-order chi connectivity index (χ1) is 15.3. The quantitative estimate of drug-likeness (QED) is 0.619. The molecule has 1 amide bonds. The van der Waals surface area contributed by atoms with Gasteiger partial charge in [0.25, 0.3) is 0 Å². The molecule has 2 atom stereocenters. The molecule has 33 heavy (non-hydrogen) atoms. The highest BCUT2D eigenvalue weighted by Gasteiger charge is 2.53. The Morgan fingerprint density at radius 3 is 2.67 bits per heavy atom. The van der Waals surface area contributed by atoms with E-state index in [1.54, 1.807) is 0 Å². The van der Waals surface area contributed by atoms with E-state index in [1.807, 2.05) is 41.7 Å². The SMILES string of the molecule is Cc1cccc(C2(C(=O)N(C)[C@@H](C)c3cc4nc(N5CC[C@H](N)C5)c(C)cn4n3)CC2)c1.Cl. The van der Waals surface area contributed by atoms with Gasteiger partial charge in [-0.15, -0.1) is 12.4 Å². The Kier molecular flexibility index (Phi) is 6.14. The van der Waals surface area contributed by atoms with Crippen LogP contribution in [0.25, 0.3) is 5.65 Å². The summed E-state index contributed by atoms with van der Waals surface area (Å²) in [5.41, 5.74) is 10.8.